The first-order valence-electron chi connectivity index (χ1n) is 7.89. The van der Waals surface area contributed by atoms with Crippen molar-refractivity contribution in [3.8, 4) is 11.6 Å². The summed E-state index contributed by atoms with van der Waals surface area (Å²) in [5.74, 6) is -0.825. The normalized spacial score (nSPS) is 10.8. The zero-order valence-electron chi connectivity index (χ0n) is 14.6. The van der Waals surface area contributed by atoms with E-state index in [4.69, 9.17) is 4.42 Å². The number of non-ortho nitro benzene ring substituents is 2. The molecule has 0 aliphatic rings. The number of anilines is 1. The molecular formula is C15H13N7O6. The predicted octanol–water partition coefficient (Wildman–Crippen LogP) is 2.58. The van der Waals surface area contributed by atoms with E-state index in [1.54, 1.807) is 16.9 Å². The zero-order valence-corrected chi connectivity index (χ0v) is 14.6. The molecule has 1 aromatic carbocycles. The lowest BCUT2D eigenvalue weighted by molar-refractivity contribution is -0.394. The van der Waals surface area contributed by atoms with E-state index in [1.807, 2.05) is 13.8 Å². The van der Waals surface area contributed by atoms with E-state index in [-0.39, 0.29) is 23.5 Å². The summed E-state index contributed by atoms with van der Waals surface area (Å²) in [6.07, 6.45) is 1.73. The van der Waals surface area contributed by atoms with Gasteiger partial charge in [-0.25, -0.2) is 0 Å². The highest BCUT2D eigenvalue weighted by Crippen LogP contribution is 2.24. The third-order valence-electron chi connectivity index (χ3n) is 3.59. The number of aromatic nitrogens is 4. The second-order valence-electron chi connectivity index (χ2n) is 5.89. The number of carbonyl (C=O) groups is 1. The summed E-state index contributed by atoms with van der Waals surface area (Å²) < 4.78 is 6.99. The molecule has 2 aromatic heterocycles. The van der Waals surface area contributed by atoms with Gasteiger partial charge in [-0.2, -0.15) is 5.10 Å². The van der Waals surface area contributed by atoms with Gasteiger partial charge in [0.2, 0.25) is 0 Å². The Bertz CT molecular complexity index is 1040. The van der Waals surface area contributed by atoms with E-state index < -0.39 is 27.1 Å². The van der Waals surface area contributed by atoms with Gasteiger partial charge in [0, 0.05) is 24.4 Å². The third kappa shape index (κ3) is 3.82. The number of nitrogens with one attached hydrogen (secondary N) is 1. The molecule has 1 N–H and O–H groups in total. The molecule has 0 fully saturated rings. The molecule has 0 unspecified atom stereocenters. The largest absolute Gasteiger partial charge is 0.401 e. The minimum absolute atomic E-state index is 0.0553. The fourth-order valence-electron chi connectivity index (χ4n) is 2.22. The van der Waals surface area contributed by atoms with E-state index in [1.165, 1.54) is 0 Å². The van der Waals surface area contributed by atoms with E-state index in [9.17, 15) is 25.0 Å². The topological polar surface area (TPSA) is 172 Å². The summed E-state index contributed by atoms with van der Waals surface area (Å²) in [6, 6.07) is 4.07. The van der Waals surface area contributed by atoms with E-state index in [0.29, 0.717) is 5.69 Å². The summed E-state index contributed by atoms with van der Waals surface area (Å²) in [4.78, 5) is 32.5. The monoisotopic (exact) mass is 387 g/mol. The van der Waals surface area contributed by atoms with Gasteiger partial charge in [0.1, 0.15) is 5.69 Å². The van der Waals surface area contributed by atoms with Gasteiger partial charge in [-0.15, -0.1) is 5.10 Å². The highest BCUT2D eigenvalue weighted by molar-refractivity contribution is 6.04. The first kappa shape index (κ1) is 18.6. The molecule has 0 aliphatic heterocycles. The van der Waals surface area contributed by atoms with Crippen molar-refractivity contribution in [2.24, 2.45) is 0 Å². The number of amides is 1. The van der Waals surface area contributed by atoms with Crippen LogP contribution >= 0.6 is 0 Å². The number of benzene rings is 1. The van der Waals surface area contributed by atoms with Crippen LogP contribution in [-0.2, 0) is 0 Å². The third-order valence-corrected chi connectivity index (χ3v) is 3.59. The Kier molecular flexibility index (Phi) is 4.80. The van der Waals surface area contributed by atoms with Crippen LogP contribution in [0.3, 0.4) is 0 Å². The van der Waals surface area contributed by atoms with Gasteiger partial charge < -0.3 is 4.42 Å². The van der Waals surface area contributed by atoms with Gasteiger partial charge in [0.25, 0.3) is 23.2 Å². The molecule has 0 atom stereocenters. The molecule has 28 heavy (non-hydrogen) atoms. The fourth-order valence-corrected chi connectivity index (χ4v) is 2.22. The van der Waals surface area contributed by atoms with Crippen molar-refractivity contribution in [3.63, 3.8) is 0 Å². The standard InChI is InChI=1S/C15H13N7O6/c1-8(2)20-4-3-12(19-20)14-17-18-15(28-14)16-13(23)9-5-10(21(24)25)7-11(6-9)22(26)27/h3-8H,1-2H3,(H,16,18,23). The quantitative estimate of drug-likeness (QED) is 0.492. The number of nitro groups is 2. The lowest BCUT2D eigenvalue weighted by atomic mass is 10.1. The molecule has 3 aromatic rings. The number of rotatable bonds is 6. The van der Waals surface area contributed by atoms with Gasteiger partial charge in [-0.1, -0.05) is 5.10 Å². The molecule has 0 spiro atoms. The Morgan fingerprint density at radius 3 is 2.32 bits per heavy atom. The zero-order chi connectivity index (χ0) is 20.4. The number of nitrogens with zero attached hydrogens (tertiary/aromatic N) is 6. The Hall–Kier alpha value is -4.16. The van der Waals surface area contributed by atoms with E-state index in [0.717, 1.165) is 18.2 Å². The van der Waals surface area contributed by atoms with Crippen LogP contribution in [0.2, 0.25) is 0 Å². The minimum atomic E-state index is -0.880. The van der Waals surface area contributed by atoms with E-state index >= 15 is 0 Å². The molecule has 2 heterocycles. The molecule has 144 valence electrons. The van der Waals surface area contributed by atoms with Crippen molar-refractivity contribution >= 4 is 23.3 Å². The predicted molar refractivity (Wildman–Crippen MR) is 93.6 cm³/mol. The molecule has 0 bridgehead atoms. The number of carbonyl (C=O) groups excluding carboxylic acids is 1. The second-order valence-corrected chi connectivity index (χ2v) is 5.89. The average Bonchev–Trinajstić information content (AvgIpc) is 3.30. The van der Waals surface area contributed by atoms with Crippen LogP contribution in [0, 0.1) is 20.2 Å². The van der Waals surface area contributed by atoms with Gasteiger partial charge in [0.15, 0.2) is 0 Å². The van der Waals surface area contributed by atoms with Gasteiger partial charge in [-0.3, -0.25) is 35.0 Å². The van der Waals surface area contributed by atoms with Gasteiger partial charge in [-0.05, 0) is 19.9 Å². The van der Waals surface area contributed by atoms with Crippen molar-refractivity contribution < 1.29 is 19.1 Å². The molecule has 13 heteroatoms. The summed E-state index contributed by atoms with van der Waals surface area (Å²) in [5, 5.41) is 35.8. The lowest BCUT2D eigenvalue weighted by Gasteiger charge is -2.02. The highest BCUT2D eigenvalue weighted by Gasteiger charge is 2.21. The SMILES string of the molecule is CC(C)n1ccc(-c2nnc(NC(=O)c3cc([N+](=O)[O-])cc([N+](=O)[O-])c3)o2)n1. The molecule has 0 radical (unpaired) electrons. The molecule has 0 aliphatic carbocycles. The smallest absolute Gasteiger partial charge is 0.322 e. The molecule has 3 rings (SSSR count). The highest BCUT2D eigenvalue weighted by atomic mass is 16.6. The van der Waals surface area contributed by atoms with Crippen molar-refractivity contribution in [2.45, 2.75) is 19.9 Å². The molecule has 1 amide bonds. The lowest BCUT2D eigenvalue weighted by Crippen LogP contribution is -2.13. The van der Waals surface area contributed by atoms with Crippen molar-refractivity contribution in [3.05, 3.63) is 56.3 Å². The Labute approximate surface area is 156 Å². The number of nitro benzene ring substituents is 2. The first-order valence-corrected chi connectivity index (χ1v) is 7.89. The number of hydrogen-bond donors (Lipinski definition) is 1. The molecular weight excluding hydrogens is 374 g/mol. The molecule has 13 nitrogen and oxygen atoms in total. The van der Waals surface area contributed by atoms with E-state index in [2.05, 4.69) is 20.6 Å². The molecule has 0 saturated carbocycles. The van der Waals surface area contributed by atoms with Crippen molar-refractivity contribution in [2.75, 3.05) is 5.32 Å². The Morgan fingerprint density at radius 2 is 1.79 bits per heavy atom. The van der Waals surface area contributed by atoms with Gasteiger partial charge >= 0.3 is 6.01 Å². The van der Waals surface area contributed by atoms with Crippen LogP contribution in [0.15, 0.2) is 34.9 Å². The summed E-state index contributed by atoms with van der Waals surface area (Å²) >= 11 is 0. The number of hydrogen-bond acceptors (Lipinski definition) is 9. The average molecular weight is 387 g/mol. The van der Waals surface area contributed by atoms with Gasteiger partial charge in [0.05, 0.1) is 21.5 Å². The van der Waals surface area contributed by atoms with Crippen LogP contribution in [0.5, 0.6) is 0 Å². The summed E-state index contributed by atoms with van der Waals surface area (Å²) in [7, 11) is 0. The Balaban J connectivity index is 1.82. The van der Waals surface area contributed by atoms with Crippen LogP contribution < -0.4 is 5.32 Å². The summed E-state index contributed by atoms with van der Waals surface area (Å²) in [5.41, 5.74) is -1.09. The maximum Gasteiger partial charge on any atom is 0.322 e. The van der Waals surface area contributed by atoms with Crippen molar-refractivity contribution in [1.29, 1.82) is 0 Å². The fraction of sp³-hybridized carbons (Fsp3) is 0.200. The maximum absolute atomic E-state index is 12.3. The first-order chi connectivity index (χ1) is 13.2. The van der Waals surface area contributed by atoms with Crippen LogP contribution in [-0.4, -0.2) is 35.7 Å². The maximum atomic E-state index is 12.3. The molecule has 0 saturated heterocycles. The van der Waals surface area contributed by atoms with Crippen LogP contribution in [0.25, 0.3) is 11.6 Å². The summed E-state index contributed by atoms with van der Waals surface area (Å²) in [6.45, 7) is 3.88. The minimum Gasteiger partial charge on any atom is -0.401 e. The van der Waals surface area contributed by atoms with Crippen LogP contribution in [0.1, 0.15) is 30.2 Å². The second kappa shape index (κ2) is 7.22. The Morgan fingerprint density at radius 1 is 1.14 bits per heavy atom. The van der Waals surface area contributed by atoms with Crippen LogP contribution in [0.4, 0.5) is 17.4 Å². The van der Waals surface area contributed by atoms with Crippen molar-refractivity contribution in [1.82, 2.24) is 20.0 Å².